The van der Waals surface area contributed by atoms with Crippen LogP contribution in [0, 0.1) is 17.8 Å². The largest absolute Gasteiger partial charge is 0.506 e. The van der Waals surface area contributed by atoms with Crippen LogP contribution in [0.25, 0.3) is 0 Å². The third-order valence-corrected chi connectivity index (χ3v) is 11.7. The van der Waals surface area contributed by atoms with E-state index in [9.17, 15) is 48.6 Å². The van der Waals surface area contributed by atoms with Gasteiger partial charge in [-0.15, -0.1) is 11.3 Å². The number of amides is 6. The van der Waals surface area contributed by atoms with Crippen LogP contribution in [0.4, 0.5) is 5.69 Å². The number of phenolic OH excluding ortho intramolecular Hbond substituents is 1. The summed E-state index contributed by atoms with van der Waals surface area (Å²) in [5.74, 6) is -5.60. The Morgan fingerprint density at radius 3 is 2.19 bits per heavy atom. The maximum Gasteiger partial charge on any atom is 0.306 e. The van der Waals surface area contributed by atoms with Crippen LogP contribution in [0.1, 0.15) is 101 Å². The molecule has 0 fully saturated rings. The van der Waals surface area contributed by atoms with Gasteiger partial charge in [-0.3, -0.25) is 43.3 Å². The molecule has 3 rings (SSSR count). The lowest BCUT2D eigenvalue weighted by molar-refractivity contribution is -0.862. The molecule has 6 amide bonds. The Bertz CT molecular complexity index is 2010. The first-order valence-corrected chi connectivity index (χ1v) is 22.0. The van der Waals surface area contributed by atoms with Gasteiger partial charge in [0.05, 0.1) is 32.7 Å². The highest BCUT2D eigenvalue weighted by molar-refractivity contribution is 7.09. The third kappa shape index (κ3) is 15.9. The van der Waals surface area contributed by atoms with Crippen molar-refractivity contribution in [1.29, 1.82) is 0 Å². The summed E-state index contributed by atoms with van der Waals surface area (Å²) in [6.45, 7) is 10.7. The minimum Gasteiger partial charge on any atom is -0.506 e. The average Bonchev–Trinajstić information content (AvgIpc) is 3.81. The number of hydrogen-bond donors (Lipinski definition) is 5. The van der Waals surface area contributed by atoms with Crippen molar-refractivity contribution in [2.24, 2.45) is 17.8 Å². The van der Waals surface area contributed by atoms with Gasteiger partial charge in [-0.25, -0.2) is 4.98 Å². The maximum atomic E-state index is 14.1. The normalized spacial score (nSPS) is 15.6. The number of imide groups is 1. The number of quaternary nitrogens is 1. The van der Waals surface area contributed by atoms with E-state index in [0.717, 1.165) is 28.4 Å². The van der Waals surface area contributed by atoms with Crippen LogP contribution >= 0.6 is 11.3 Å². The molecule has 1 aromatic heterocycles. The Kier molecular flexibility index (Phi) is 19.0. The summed E-state index contributed by atoms with van der Waals surface area (Å²) in [6, 6.07) is 2.44. The number of nitrogens with one attached hydrogen (secondary N) is 3. The summed E-state index contributed by atoms with van der Waals surface area (Å²) in [6.07, 6.45) is 2.42. The minimum absolute atomic E-state index is 0.00535. The van der Waals surface area contributed by atoms with Gasteiger partial charge in [0, 0.05) is 63.0 Å². The first kappa shape index (κ1) is 51.7. The number of rotatable bonds is 24. The fourth-order valence-electron chi connectivity index (χ4n) is 7.09. The number of likely N-dealkylation sites (N-methyl/N-ethyl adjacent to an activating group) is 2. The molecule has 0 bridgehead atoms. The van der Waals surface area contributed by atoms with E-state index in [-0.39, 0.29) is 86.0 Å². The zero-order valence-electron chi connectivity index (χ0n) is 37.9. The lowest BCUT2D eigenvalue weighted by Gasteiger charge is -2.37. The molecule has 2 unspecified atom stereocenters. The summed E-state index contributed by atoms with van der Waals surface area (Å²) < 4.78 is 6.13. The number of aromatic hydroxyl groups is 1. The first-order valence-electron chi connectivity index (χ1n) is 21.1. The number of benzene rings is 1. The van der Waals surface area contributed by atoms with E-state index >= 15 is 0 Å². The summed E-state index contributed by atoms with van der Waals surface area (Å²) in [4.78, 5) is 109. The van der Waals surface area contributed by atoms with Gasteiger partial charge in [-0.05, 0) is 48.8 Å². The van der Waals surface area contributed by atoms with Crippen molar-refractivity contribution >= 4 is 64.4 Å². The zero-order valence-corrected chi connectivity index (χ0v) is 38.7. The number of phenols is 1. The molecular weight excluding hydrogens is 835 g/mol. The molecule has 1 aromatic carbocycles. The molecule has 6 atom stereocenters. The van der Waals surface area contributed by atoms with Gasteiger partial charge in [-0.1, -0.05) is 47.1 Å². The first-order chi connectivity index (χ1) is 29.4. The molecule has 0 spiro atoms. The Morgan fingerprint density at radius 2 is 1.62 bits per heavy atom. The topological polar surface area (TPSA) is 242 Å². The van der Waals surface area contributed by atoms with Crippen molar-refractivity contribution in [2.45, 2.75) is 104 Å². The van der Waals surface area contributed by atoms with E-state index in [2.05, 4.69) is 20.9 Å². The molecule has 19 heteroatoms. The van der Waals surface area contributed by atoms with Gasteiger partial charge in [0.1, 0.15) is 22.5 Å². The number of anilines is 1. The van der Waals surface area contributed by atoms with Crippen molar-refractivity contribution in [3.63, 3.8) is 0 Å². The van der Waals surface area contributed by atoms with Crippen molar-refractivity contribution in [3.05, 3.63) is 52.0 Å². The van der Waals surface area contributed by atoms with Gasteiger partial charge in [0.25, 0.3) is 23.6 Å². The molecule has 1 aliphatic rings. The van der Waals surface area contributed by atoms with Crippen LogP contribution in [-0.4, -0.2) is 136 Å². The number of carbonyl (C=O) groups is 8. The van der Waals surface area contributed by atoms with Gasteiger partial charge in [0.2, 0.25) is 11.8 Å². The fraction of sp³-hybridized carbons (Fsp3) is 0.568. The van der Waals surface area contributed by atoms with Crippen LogP contribution in [0.2, 0.25) is 0 Å². The molecule has 0 radical (unpaired) electrons. The SMILES string of the molecule is CCC(C)[C@H](NC(=O)C[N+](C)(C)C)C(=O)N(C)[C@H](C[C@@H](OC(C)=O)c1nc(C(=O)N[C@@H](Cc2ccc(O)c(NC(=O)CCCN3C(=O)C=CC3=O)c2)CC(C)C(=O)O)cs1)C(C)C. The summed E-state index contributed by atoms with van der Waals surface area (Å²) in [5.41, 5.74) is 0.631. The van der Waals surface area contributed by atoms with Crippen molar-refractivity contribution in [2.75, 3.05) is 46.6 Å². The molecule has 18 nitrogen and oxygen atoms in total. The maximum absolute atomic E-state index is 14.1. The summed E-state index contributed by atoms with van der Waals surface area (Å²) in [5, 5.41) is 30.5. The molecule has 346 valence electrons. The molecule has 2 aromatic rings. The predicted octanol–water partition coefficient (Wildman–Crippen LogP) is 3.66. The molecule has 0 saturated heterocycles. The Hall–Kier alpha value is -5.69. The van der Waals surface area contributed by atoms with Crippen LogP contribution < -0.4 is 16.0 Å². The summed E-state index contributed by atoms with van der Waals surface area (Å²) in [7, 11) is 7.31. The quantitative estimate of drug-likeness (QED) is 0.0439. The monoisotopic (exact) mass is 898 g/mol. The van der Waals surface area contributed by atoms with E-state index in [1.807, 2.05) is 48.8 Å². The van der Waals surface area contributed by atoms with Crippen LogP contribution in [0.15, 0.2) is 35.7 Å². The fourth-order valence-corrected chi connectivity index (χ4v) is 7.93. The minimum atomic E-state index is -1.08. The van der Waals surface area contributed by atoms with Crippen LogP contribution in [-0.2, 0) is 44.7 Å². The number of thiazole rings is 1. The van der Waals surface area contributed by atoms with E-state index < -0.39 is 65.7 Å². The predicted molar refractivity (Wildman–Crippen MR) is 235 cm³/mol. The highest BCUT2D eigenvalue weighted by Gasteiger charge is 2.36. The molecule has 5 N–H and O–H groups in total. The molecule has 63 heavy (non-hydrogen) atoms. The zero-order chi connectivity index (χ0) is 47.3. The number of carboxylic acid groups (broad SMARTS) is 1. The van der Waals surface area contributed by atoms with E-state index in [1.54, 1.807) is 18.0 Å². The van der Waals surface area contributed by atoms with E-state index in [0.29, 0.717) is 21.5 Å². The van der Waals surface area contributed by atoms with Crippen LogP contribution in [0.3, 0.4) is 0 Å². The highest BCUT2D eigenvalue weighted by atomic mass is 32.1. The average molecular weight is 899 g/mol. The number of carbonyl (C=O) groups excluding carboxylic acids is 7. The van der Waals surface area contributed by atoms with E-state index in [1.165, 1.54) is 31.4 Å². The van der Waals surface area contributed by atoms with Crippen molar-refractivity contribution < 1.29 is 57.8 Å². The van der Waals surface area contributed by atoms with Gasteiger partial charge < -0.3 is 40.3 Å². The number of aliphatic carboxylic acids is 1. The second kappa shape index (κ2) is 23.1. The van der Waals surface area contributed by atoms with E-state index in [4.69, 9.17) is 4.74 Å². The van der Waals surface area contributed by atoms with Crippen LogP contribution in [0.5, 0.6) is 5.75 Å². The Labute approximate surface area is 373 Å². The molecule has 2 heterocycles. The van der Waals surface area contributed by atoms with Crippen molar-refractivity contribution in [1.82, 2.24) is 25.4 Å². The number of carboxylic acids is 1. The molecule has 0 aliphatic carbocycles. The number of ether oxygens (including phenoxy) is 1. The lowest BCUT2D eigenvalue weighted by atomic mass is 9.93. The molecule has 0 saturated carbocycles. The lowest BCUT2D eigenvalue weighted by Crippen LogP contribution is -2.56. The second-order valence-electron chi connectivity index (χ2n) is 17.6. The standard InChI is InChI=1S/C44H63N7O11S/c1-11-26(4)40(48-37(55)23-51(8,9)10)43(59)49(7)33(25(2)3)22-35(62-28(6)52)42-47-32(24-63-42)41(58)45-30(19-27(5)44(60)61)20-29-14-15-34(53)31(21-29)46-36(54)13-12-18-50-38(56)16-17-39(50)57/h14-17,21,24-27,30,33,35,40H,11-13,18-20,22-23H2,1-10H3,(H4-,45,46,48,53,54,55,56,57,58,60,61)/p+1/t26?,27?,30-,33-,35-,40+/m1/s1. The molecule has 1 aliphatic heterocycles. The Balaban J connectivity index is 1.79. The number of hydrogen-bond acceptors (Lipinski definition) is 12. The summed E-state index contributed by atoms with van der Waals surface area (Å²) >= 11 is 1.09. The number of aromatic nitrogens is 1. The number of esters is 1. The van der Waals surface area contributed by atoms with Gasteiger partial charge in [0.15, 0.2) is 12.6 Å². The highest BCUT2D eigenvalue weighted by Crippen LogP contribution is 2.31. The number of nitrogens with zero attached hydrogens (tertiary/aromatic N) is 4. The molecular formula is C44H64N7O11S+. The smallest absolute Gasteiger partial charge is 0.306 e. The van der Waals surface area contributed by atoms with Gasteiger partial charge in [-0.2, -0.15) is 0 Å². The Morgan fingerprint density at radius 1 is 0.968 bits per heavy atom. The van der Waals surface area contributed by atoms with Gasteiger partial charge >= 0.3 is 11.9 Å². The third-order valence-electron chi connectivity index (χ3n) is 10.7. The van der Waals surface area contributed by atoms with Crippen molar-refractivity contribution in [3.8, 4) is 5.75 Å². The second-order valence-corrected chi connectivity index (χ2v) is 18.4.